The Morgan fingerprint density at radius 2 is 1.85 bits per heavy atom. The van der Waals surface area contributed by atoms with Crippen LogP contribution in [0.4, 0.5) is 5.69 Å². The van der Waals surface area contributed by atoms with Crippen molar-refractivity contribution in [3.8, 4) is 5.75 Å². The van der Waals surface area contributed by atoms with Gasteiger partial charge < -0.3 is 10.1 Å². The topological polar surface area (TPSA) is 118 Å². The van der Waals surface area contributed by atoms with Crippen LogP contribution in [0.25, 0.3) is 5.65 Å². The van der Waals surface area contributed by atoms with Crippen molar-refractivity contribution in [2.45, 2.75) is 31.2 Å². The summed E-state index contributed by atoms with van der Waals surface area (Å²) < 4.78 is 6.65. The third kappa shape index (κ3) is 5.48. The van der Waals surface area contributed by atoms with Gasteiger partial charge in [0.25, 0.3) is 11.5 Å². The van der Waals surface area contributed by atoms with Crippen LogP contribution in [0.1, 0.15) is 29.7 Å². The van der Waals surface area contributed by atoms with Crippen molar-refractivity contribution < 1.29 is 14.3 Å². The van der Waals surface area contributed by atoms with E-state index in [4.69, 9.17) is 14.7 Å². The number of fused-ring (bicyclic) bond motifs is 4. The molecule has 2 aliphatic rings. The lowest BCUT2D eigenvalue weighted by Crippen LogP contribution is -2.41. The van der Waals surface area contributed by atoms with E-state index >= 15 is 0 Å². The van der Waals surface area contributed by atoms with Crippen molar-refractivity contribution in [1.82, 2.24) is 19.6 Å². The van der Waals surface area contributed by atoms with Gasteiger partial charge in [0.05, 0.1) is 18.5 Å². The number of benzene rings is 2. The number of amidine groups is 2. The van der Waals surface area contributed by atoms with E-state index in [1.54, 1.807) is 25.4 Å². The molecule has 11 heteroatoms. The average Bonchev–Trinajstić information content (AvgIpc) is 3.34. The average molecular weight is 567 g/mol. The molecule has 4 aromatic rings. The minimum absolute atomic E-state index is 0.156. The Morgan fingerprint density at radius 1 is 1.05 bits per heavy atom. The maximum atomic E-state index is 13.6. The standard InChI is InChI=1S/C30H26N6O4S/c1-40-21-11-9-19(10-12-21)17-31-26(37)14-13-24-29(39)36-28(33-24)22-6-2-3-7-23(22)34-30(36)41-18-20-16-27(38)35-15-5-4-8-25(35)32-20/h2-12,15-16,24H,13-14,17-18H2,1H3,(H,31,37)/t24-/m1/s1. The molecule has 1 atom stereocenters. The molecule has 1 N–H and O–H groups in total. The molecule has 4 heterocycles. The fourth-order valence-electron chi connectivity index (χ4n) is 4.70. The number of aromatic nitrogens is 2. The predicted molar refractivity (Wildman–Crippen MR) is 158 cm³/mol. The number of rotatable bonds is 8. The molecule has 0 bridgehead atoms. The van der Waals surface area contributed by atoms with E-state index in [9.17, 15) is 14.4 Å². The van der Waals surface area contributed by atoms with Crippen molar-refractivity contribution in [1.29, 1.82) is 0 Å². The summed E-state index contributed by atoms with van der Waals surface area (Å²) in [6, 6.07) is 21.2. The molecular weight excluding hydrogens is 540 g/mol. The van der Waals surface area contributed by atoms with Crippen LogP contribution in [0.3, 0.4) is 0 Å². The van der Waals surface area contributed by atoms with E-state index in [1.807, 2.05) is 54.6 Å². The summed E-state index contributed by atoms with van der Waals surface area (Å²) in [6.45, 7) is 0.384. The summed E-state index contributed by atoms with van der Waals surface area (Å²) in [5.74, 6) is 1.24. The first-order chi connectivity index (χ1) is 20.0. The Bertz CT molecular complexity index is 1770. The number of thioether (sulfide) groups is 1. The van der Waals surface area contributed by atoms with Gasteiger partial charge in [0, 0.05) is 36.5 Å². The zero-order chi connectivity index (χ0) is 28.3. The predicted octanol–water partition coefficient (Wildman–Crippen LogP) is 3.69. The molecule has 0 unspecified atom stereocenters. The molecule has 0 fully saturated rings. The third-order valence-electron chi connectivity index (χ3n) is 6.81. The first-order valence-corrected chi connectivity index (χ1v) is 14.1. The van der Waals surface area contributed by atoms with Crippen LogP contribution < -0.4 is 15.6 Å². The van der Waals surface area contributed by atoms with Gasteiger partial charge in [-0.15, -0.1) is 0 Å². The van der Waals surface area contributed by atoms with E-state index in [-0.39, 0.29) is 30.2 Å². The molecule has 2 aliphatic heterocycles. The van der Waals surface area contributed by atoms with Crippen molar-refractivity contribution in [3.63, 3.8) is 0 Å². The van der Waals surface area contributed by atoms with Crippen LogP contribution in [0, 0.1) is 0 Å². The van der Waals surface area contributed by atoms with Gasteiger partial charge in [0.2, 0.25) is 5.91 Å². The number of hydrogen-bond acceptors (Lipinski definition) is 8. The second-order valence-electron chi connectivity index (χ2n) is 9.52. The lowest BCUT2D eigenvalue weighted by atomic mass is 10.1. The lowest BCUT2D eigenvalue weighted by Gasteiger charge is -2.25. The maximum Gasteiger partial charge on any atom is 0.259 e. The van der Waals surface area contributed by atoms with Gasteiger partial charge >= 0.3 is 0 Å². The smallest absolute Gasteiger partial charge is 0.259 e. The van der Waals surface area contributed by atoms with Crippen LogP contribution >= 0.6 is 11.8 Å². The highest BCUT2D eigenvalue weighted by atomic mass is 32.2. The number of carbonyl (C=O) groups excluding carboxylic acids is 2. The second-order valence-corrected chi connectivity index (χ2v) is 10.5. The number of nitrogens with zero attached hydrogens (tertiary/aromatic N) is 5. The number of hydrogen-bond donors (Lipinski definition) is 1. The summed E-state index contributed by atoms with van der Waals surface area (Å²) in [7, 11) is 1.61. The van der Waals surface area contributed by atoms with Crippen LogP contribution in [0.5, 0.6) is 5.75 Å². The molecule has 2 aromatic heterocycles. The quantitative estimate of drug-likeness (QED) is 0.348. The number of aliphatic imine (C=N–C) groups is 2. The van der Waals surface area contributed by atoms with Gasteiger partial charge in [0.15, 0.2) is 5.17 Å². The Balaban J connectivity index is 1.15. The molecule has 0 aliphatic carbocycles. The summed E-state index contributed by atoms with van der Waals surface area (Å²) in [4.78, 5) is 54.3. The summed E-state index contributed by atoms with van der Waals surface area (Å²) >= 11 is 1.32. The van der Waals surface area contributed by atoms with Gasteiger partial charge in [-0.2, -0.15) is 0 Å². The first kappa shape index (κ1) is 26.5. The Kier molecular flexibility index (Phi) is 7.34. The highest BCUT2D eigenvalue weighted by molar-refractivity contribution is 8.13. The van der Waals surface area contributed by atoms with E-state index in [0.29, 0.717) is 40.3 Å². The minimum atomic E-state index is -0.697. The number of para-hydroxylation sites is 1. The van der Waals surface area contributed by atoms with Gasteiger partial charge in [-0.3, -0.25) is 23.8 Å². The molecule has 41 heavy (non-hydrogen) atoms. The summed E-state index contributed by atoms with van der Waals surface area (Å²) in [6.07, 6.45) is 2.11. The van der Waals surface area contributed by atoms with Crippen LogP contribution in [-0.2, 0) is 21.9 Å². The maximum absolute atomic E-state index is 13.6. The monoisotopic (exact) mass is 566 g/mol. The molecule has 10 nitrogen and oxygen atoms in total. The van der Waals surface area contributed by atoms with Crippen molar-refractivity contribution in [2.24, 2.45) is 9.98 Å². The molecule has 2 amide bonds. The number of nitrogens with one attached hydrogen (secondary N) is 1. The van der Waals surface area contributed by atoms with E-state index in [2.05, 4.69) is 10.3 Å². The molecule has 0 saturated heterocycles. The lowest BCUT2D eigenvalue weighted by molar-refractivity contribution is -0.125. The zero-order valence-corrected chi connectivity index (χ0v) is 23.0. The van der Waals surface area contributed by atoms with E-state index < -0.39 is 6.04 Å². The number of carbonyl (C=O) groups is 2. The number of methoxy groups -OCH3 is 1. The molecular formula is C30H26N6O4S. The number of ether oxygens (including phenoxy) is 1. The fourth-order valence-corrected chi connectivity index (χ4v) is 5.60. The van der Waals surface area contributed by atoms with Gasteiger partial charge in [0.1, 0.15) is 23.3 Å². The van der Waals surface area contributed by atoms with Crippen LogP contribution in [0.15, 0.2) is 93.8 Å². The second kappa shape index (κ2) is 11.4. The third-order valence-corrected chi connectivity index (χ3v) is 7.79. The number of amides is 2. The van der Waals surface area contributed by atoms with E-state index in [1.165, 1.54) is 27.1 Å². The SMILES string of the molecule is COc1ccc(CNC(=O)CC[C@H]2N=C3c4ccccc4N=C(SCc4cc(=O)n5ccccc5n4)N3C2=O)cc1. The van der Waals surface area contributed by atoms with Gasteiger partial charge in [-0.05, 0) is 48.4 Å². The molecule has 206 valence electrons. The molecule has 0 spiro atoms. The Hall–Kier alpha value is -4.77. The van der Waals surface area contributed by atoms with Crippen molar-refractivity contribution in [3.05, 3.63) is 106 Å². The van der Waals surface area contributed by atoms with Crippen LogP contribution in [-0.4, -0.2) is 50.3 Å². The van der Waals surface area contributed by atoms with Crippen molar-refractivity contribution >= 4 is 45.9 Å². The van der Waals surface area contributed by atoms with Crippen molar-refractivity contribution in [2.75, 3.05) is 7.11 Å². The highest BCUT2D eigenvalue weighted by Crippen LogP contribution is 2.35. The van der Waals surface area contributed by atoms with Gasteiger partial charge in [-0.25, -0.2) is 14.9 Å². The summed E-state index contributed by atoms with van der Waals surface area (Å²) in [5.41, 5.74) is 3.39. The molecule has 6 rings (SSSR count). The minimum Gasteiger partial charge on any atom is -0.497 e. The van der Waals surface area contributed by atoms with E-state index in [0.717, 1.165) is 16.9 Å². The fraction of sp³-hybridized carbons (Fsp3) is 0.200. The Morgan fingerprint density at radius 3 is 2.68 bits per heavy atom. The van der Waals surface area contributed by atoms with Gasteiger partial charge in [-0.1, -0.05) is 42.1 Å². The normalized spacial score (nSPS) is 15.7. The first-order valence-electron chi connectivity index (χ1n) is 13.1. The largest absolute Gasteiger partial charge is 0.497 e. The highest BCUT2D eigenvalue weighted by Gasteiger charge is 2.41. The van der Waals surface area contributed by atoms with Crippen LogP contribution in [0.2, 0.25) is 0 Å². The Labute approximate surface area is 239 Å². The summed E-state index contributed by atoms with van der Waals surface area (Å²) in [5, 5.41) is 3.37. The molecule has 0 radical (unpaired) electrons. The molecule has 2 aromatic carbocycles. The zero-order valence-electron chi connectivity index (χ0n) is 22.2. The molecule has 0 saturated carbocycles. The number of pyridine rings is 1.